The lowest BCUT2D eigenvalue weighted by molar-refractivity contribution is 0.497. The van der Waals surface area contributed by atoms with Crippen molar-refractivity contribution in [3.8, 4) is 0 Å². The van der Waals surface area contributed by atoms with Crippen molar-refractivity contribution in [2.24, 2.45) is 5.73 Å². The first-order valence-corrected chi connectivity index (χ1v) is 6.21. The lowest BCUT2D eigenvalue weighted by atomic mass is 9.88. The van der Waals surface area contributed by atoms with Gasteiger partial charge >= 0.3 is 0 Å². The third-order valence-corrected chi connectivity index (χ3v) is 4.11. The molecule has 0 amide bonds. The molecule has 1 heterocycles. The Morgan fingerprint density at radius 3 is 2.64 bits per heavy atom. The summed E-state index contributed by atoms with van der Waals surface area (Å²) in [4.78, 5) is 2.99. The third kappa shape index (κ3) is 2.82. The van der Waals surface area contributed by atoms with Gasteiger partial charge in [-0.1, -0.05) is 27.2 Å². The maximum atomic E-state index is 5.62. The Hall–Kier alpha value is -0.340. The van der Waals surface area contributed by atoms with Gasteiger partial charge in [0.05, 0.1) is 0 Å². The van der Waals surface area contributed by atoms with E-state index < -0.39 is 0 Å². The van der Waals surface area contributed by atoms with Crippen LogP contribution in [0.3, 0.4) is 0 Å². The van der Waals surface area contributed by atoms with E-state index in [9.17, 15) is 0 Å². The van der Waals surface area contributed by atoms with Crippen molar-refractivity contribution in [3.63, 3.8) is 0 Å². The summed E-state index contributed by atoms with van der Waals surface area (Å²) >= 11 is 1.95. The minimum atomic E-state index is 0.255. The second-order valence-electron chi connectivity index (χ2n) is 4.44. The van der Waals surface area contributed by atoms with Crippen LogP contribution in [0.4, 0.5) is 0 Å². The van der Waals surface area contributed by atoms with Crippen LogP contribution in [0.5, 0.6) is 0 Å². The normalized spacial score (nSPS) is 12.0. The molecule has 0 aliphatic rings. The SMILES string of the molecule is CCCc1ccc(C(C)(C)CCN)s1. The lowest BCUT2D eigenvalue weighted by Crippen LogP contribution is -2.20. The van der Waals surface area contributed by atoms with E-state index in [-0.39, 0.29) is 5.41 Å². The molecule has 14 heavy (non-hydrogen) atoms. The highest BCUT2D eigenvalue weighted by molar-refractivity contribution is 7.12. The summed E-state index contributed by atoms with van der Waals surface area (Å²) in [5.74, 6) is 0. The maximum Gasteiger partial charge on any atom is 0.0105 e. The summed E-state index contributed by atoms with van der Waals surface area (Å²) in [5, 5.41) is 0. The minimum absolute atomic E-state index is 0.255. The predicted octanol–water partition coefficient (Wildman–Crippen LogP) is 3.33. The molecule has 0 fully saturated rings. The Bertz CT molecular complexity index is 276. The molecular weight excluding hydrogens is 190 g/mol. The predicted molar refractivity (Wildman–Crippen MR) is 65.0 cm³/mol. The average Bonchev–Trinajstić information content (AvgIpc) is 2.54. The zero-order chi connectivity index (χ0) is 10.6. The molecule has 0 bridgehead atoms. The molecule has 0 unspecified atom stereocenters. The second kappa shape index (κ2) is 4.94. The Labute approximate surface area is 91.3 Å². The summed E-state index contributed by atoms with van der Waals surface area (Å²) < 4.78 is 0. The van der Waals surface area contributed by atoms with E-state index in [0.717, 1.165) is 13.0 Å². The van der Waals surface area contributed by atoms with Crippen LogP contribution in [-0.2, 0) is 11.8 Å². The molecule has 1 aromatic rings. The lowest BCUT2D eigenvalue weighted by Gasteiger charge is -2.22. The zero-order valence-electron chi connectivity index (χ0n) is 9.47. The number of thiophene rings is 1. The fraction of sp³-hybridized carbons (Fsp3) is 0.667. The van der Waals surface area contributed by atoms with Gasteiger partial charge in [-0.25, -0.2) is 0 Å². The van der Waals surface area contributed by atoms with Crippen molar-refractivity contribution in [1.82, 2.24) is 0 Å². The first-order valence-electron chi connectivity index (χ1n) is 5.39. The zero-order valence-corrected chi connectivity index (χ0v) is 10.3. The van der Waals surface area contributed by atoms with Crippen LogP contribution in [0.25, 0.3) is 0 Å². The van der Waals surface area contributed by atoms with E-state index >= 15 is 0 Å². The van der Waals surface area contributed by atoms with E-state index in [4.69, 9.17) is 5.73 Å². The number of rotatable bonds is 5. The van der Waals surface area contributed by atoms with Gasteiger partial charge < -0.3 is 5.73 Å². The topological polar surface area (TPSA) is 26.0 Å². The van der Waals surface area contributed by atoms with Crippen LogP contribution in [0.2, 0.25) is 0 Å². The number of hydrogen-bond donors (Lipinski definition) is 1. The summed E-state index contributed by atoms with van der Waals surface area (Å²) in [6.07, 6.45) is 3.51. The summed E-state index contributed by atoms with van der Waals surface area (Å²) in [6.45, 7) is 7.56. The van der Waals surface area contributed by atoms with Crippen LogP contribution < -0.4 is 5.73 Å². The Balaban J connectivity index is 2.74. The van der Waals surface area contributed by atoms with Gasteiger partial charge in [0.2, 0.25) is 0 Å². The summed E-state index contributed by atoms with van der Waals surface area (Å²) in [5.41, 5.74) is 5.88. The molecule has 0 saturated heterocycles. The molecule has 0 aromatic carbocycles. The molecule has 80 valence electrons. The van der Waals surface area contributed by atoms with Gasteiger partial charge in [-0.05, 0) is 31.5 Å². The molecule has 0 aliphatic heterocycles. The van der Waals surface area contributed by atoms with Gasteiger partial charge in [0.15, 0.2) is 0 Å². The molecule has 0 radical (unpaired) electrons. The van der Waals surface area contributed by atoms with Crippen molar-refractivity contribution in [2.45, 2.75) is 45.4 Å². The van der Waals surface area contributed by atoms with E-state index in [1.165, 1.54) is 22.6 Å². The monoisotopic (exact) mass is 211 g/mol. The van der Waals surface area contributed by atoms with E-state index in [2.05, 4.69) is 32.9 Å². The van der Waals surface area contributed by atoms with Crippen molar-refractivity contribution in [1.29, 1.82) is 0 Å². The van der Waals surface area contributed by atoms with E-state index in [0.29, 0.717) is 0 Å². The quantitative estimate of drug-likeness (QED) is 0.794. The highest BCUT2D eigenvalue weighted by Crippen LogP contribution is 2.32. The molecule has 0 saturated carbocycles. The van der Waals surface area contributed by atoms with Crippen LogP contribution in [0.1, 0.15) is 43.4 Å². The average molecular weight is 211 g/mol. The molecule has 0 spiro atoms. The highest BCUT2D eigenvalue weighted by Gasteiger charge is 2.21. The number of hydrogen-bond acceptors (Lipinski definition) is 2. The van der Waals surface area contributed by atoms with Crippen molar-refractivity contribution in [2.75, 3.05) is 6.54 Å². The van der Waals surface area contributed by atoms with E-state index in [1.54, 1.807) is 0 Å². The van der Waals surface area contributed by atoms with Gasteiger partial charge in [-0.2, -0.15) is 0 Å². The second-order valence-corrected chi connectivity index (χ2v) is 5.61. The fourth-order valence-corrected chi connectivity index (χ4v) is 2.85. The Kier molecular flexibility index (Phi) is 4.14. The van der Waals surface area contributed by atoms with Gasteiger partial charge in [0, 0.05) is 15.2 Å². The third-order valence-electron chi connectivity index (χ3n) is 2.59. The number of aryl methyl sites for hydroxylation is 1. The first-order chi connectivity index (χ1) is 6.60. The maximum absolute atomic E-state index is 5.62. The standard InChI is InChI=1S/C12H21NS/c1-4-5-10-6-7-11(14-10)12(2,3)8-9-13/h6-7H,4-5,8-9,13H2,1-3H3. The van der Waals surface area contributed by atoms with E-state index in [1.807, 2.05) is 11.3 Å². The molecule has 1 rings (SSSR count). The molecule has 0 aliphatic carbocycles. The first kappa shape index (κ1) is 11.7. The van der Waals surface area contributed by atoms with Gasteiger partial charge in [-0.3, -0.25) is 0 Å². The smallest absolute Gasteiger partial charge is 0.0105 e. The number of nitrogens with two attached hydrogens (primary N) is 1. The van der Waals surface area contributed by atoms with Crippen LogP contribution in [0.15, 0.2) is 12.1 Å². The van der Waals surface area contributed by atoms with Crippen LogP contribution >= 0.6 is 11.3 Å². The van der Waals surface area contributed by atoms with Crippen LogP contribution in [0, 0.1) is 0 Å². The fourth-order valence-electron chi connectivity index (χ4n) is 1.61. The molecule has 0 atom stereocenters. The Morgan fingerprint density at radius 2 is 2.07 bits per heavy atom. The van der Waals surface area contributed by atoms with Crippen LogP contribution in [-0.4, -0.2) is 6.54 Å². The molecule has 1 aromatic heterocycles. The van der Waals surface area contributed by atoms with Gasteiger partial charge in [-0.15, -0.1) is 11.3 Å². The summed E-state index contributed by atoms with van der Waals surface area (Å²) in [7, 11) is 0. The minimum Gasteiger partial charge on any atom is -0.330 e. The van der Waals surface area contributed by atoms with Crippen molar-refractivity contribution < 1.29 is 0 Å². The highest BCUT2D eigenvalue weighted by atomic mass is 32.1. The summed E-state index contributed by atoms with van der Waals surface area (Å²) in [6, 6.07) is 4.53. The van der Waals surface area contributed by atoms with Crippen molar-refractivity contribution >= 4 is 11.3 Å². The molecule has 2 heteroatoms. The largest absolute Gasteiger partial charge is 0.330 e. The molecule has 2 N–H and O–H groups in total. The van der Waals surface area contributed by atoms with Gasteiger partial charge in [0.25, 0.3) is 0 Å². The molecular formula is C12H21NS. The Morgan fingerprint density at radius 1 is 1.36 bits per heavy atom. The van der Waals surface area contributed by atoms with Crippen molar-refractivity contribution in [3.05, 3.63) is 21.9 Å². The van der Waals surface area contributed by atoms with Gasteiger partial charge in [0.1, 0.15) is 0 Å². The molecule has 1 nitrogen and oxygen atoms in total.